The van der Waals surface area contributed by atoms with Gasteiger partial charge in [-0.25, -0.2) is 0 Å². The number of benzene rings is 3. The van der Waals surface area contributed by atoms with Crippen molar-refractivity contribution in [3.05, 3.63) is 95.3 Å². The first kappa shape index (κ1) is 21.2. The van der Waals surface area contributed by atoms with Crippen LogP contribution in [-0.4, -0.2) is 20.8 Å². The summed E-state index contributed by atoms with van der Waals surface area (Å²) in [6.45, 7) is 1.40. The molecule has 0 amide bonds. The standard InChI is InChI=1S/C28H27NO4/c1-30-25-17-26-22(11-13-32-26)14-21(25)8-9-24-23-16-27(31-2)28(15-20(23)10-12-29-24)33-18-19-6-4-3-5-7-19/h3-9,11,13-17,24,29H,10,12,18H2,1-2H3/b9-8+. The van der Waals surface area contributed by atoms with Gasteiger partial charge in [0.1, 0.15) is 17.9 Å². The molecule has 1 N–H and O–H groups in total. The summed E-state index contributed by atoms with van der Waals surface area (Å²) in [5.74, 6) is 2.30. The number of fused-ring (bicyclic) bond motifs is 2. The van der Waals surface area contributed by atoms with Gasteiger partial charge < -0.3 is 23.9 Å². The summed E-state index contributed by atoms with van der Waals surface area (Å²) in [4.78, 5) is 0. The number of furan rings is 1. The Morgan fingerprint density at radius 1 is 0.970 bits per heavy atom. The van der Waals surface area contributed by atoms with Gasteiger partial charge in [-0.3, -0.25) is 0 Å². The highest BCUT2D eigenvalue weighted by Gasteiger charge is 2.21. The molecule has 33 heavy (non-hydrogen) atoms. The minimum atomic E-state index is 0.0653. The lowest BCUT2D eigenvalue weighted by atomic mass is 9.93. The molecule has 0 saturated heterocycles. The maximum atomic E-state index is 6.12. The molecular weight excluding hydrogens is 414 g/mol. The Hall–Kier alpha value is -3.70. The van der Waals surface area contributed by atoms with Gasteiger partial charge in [0.2, 0.25) is 0 Å². The summed E-state index contributed by atoms with van der Waals surface area (Å²) < 4.78 is 22.9. The molecule has 5 nitrogen and oxygen atoms in total. The highest BCUT2D eigenvalue weighted by molar-refractivity contribution is 5.83. The molecule has 168 valence electrons. The van der Waals surface area contributed by atoms with Crippen molar-refractivity contribution in [2.75, 3.05) is 20.8 Å². The van der Waals surface area contributed by atoms with Crippen LogP contribution < -0.4 is 19.5 Å². The molecule has 1 unspecified atom stereocenters. The highest BCUT2D eigenvalue weighted by Crippen LogP contribution is 2.37. The van der Waals surface area contributed by atoms with E-state index in [1.165, 1.54) is 11.1 Å². The molecule has 3 aromatic carbocycles. The van der Waals surface area contributed by atoms with Gasteiger partial charge in [0.15, 0.2) is 11.5 Å². The fraction of sp³-hybridized carbons (Fsp3) is 0.214. The van der Waals surface area contributed by atoms with Crippen LogP contribution in [0, 0.1) is 0 Å². The summed E-state index contributed by atoms with van der Waals surface area (Å²) in [6.07, 6.45) is 6.91. The molecule has 2 heterocycles. The fourth-order valence-electron chi connectivity index (χ4n) is 4.29. The lowest BCUT2D eigenvalue weighted by Crippen LogP contribution is -2.28. The Kier molecular flexibility index (Phi) is 6.05. The average Bonchev–Trinajstić information content (AvgIpc) is 3.33. The number of ether oxygens (including phenoxy) is 3. The lowest BCUT2D eigenvalue weighted by molar-refractivity contribution is 0.283. The van der Waals surface area contributed by atoms with E-state index >= 15 is 0 Å². The third kappa shape index (κ3) is 4.45. The van der Waals surface area contributed by atoms with Crippen LogP contribution in [0.25, 0.3) is 17.0 Å². The number of hydrogen-bond donors (Lipinski definition) is 1. The smallest absolute Gasteiger partial charge is 0.161 e. The molecule has 1 atom stereocenters. The van der Waals surface area contributed by atoms with Gasteiger partial charge in [-0.2, -0.15) is 0 Å². The first-order chi connectivity index (χ1) is 16.2. The molecule has 0 bridgehead atoms. The van der Waals surface area contributed by atoms with Gasteiger partial charge in [0, 0.05) is 23.6 Å². The van der Waals surface area contributed by atoms with E-state index in [1.54, 1.807) is 20.5 Å². The van der Waals surface area contributed by atoms with Gasteiger partial charge in [-0.1, -0.05) is 42.5 Å². The van der Waals surface area contributed by atoms with E-state index in [4.69, 9.17) is 18.6 Å². The van der Waals surface area contributed by atoms with Crippen LogP contribution in [0.5, 0.6) is 17.2 Å². The Morgan fingerprint density at radius 3 is 2.64 bits per heavy atom. The summed E-state index contributed by atoms with van der Waals surface area (Å²) >= 11 is 0. The van der Waals surface area contributed by atoms with Crippen molar-refractivity contribution in [3.63, 3.8) is 0 Å². The van der Waals surface area contributed by atoms with Crippen LogP contribution in [0.1, 0.15) is 28.3 Å². The van der Waals surface area contributed by atoms with Crippen molar-refractivity contribution >= 4 is 17.0 Å². The Balaban J connectivity index is 1.42. The second kappa shape index (κ2) is 9.43. The maximum absolute atomic E-state index is 6.12. The van der Waals surface area contributed by atoms with Crippen LogP contribution in [0.2, 0.25) is 0 Å². The maximum Gasteiger partial charge on any atom is 0.161 e. The van der Waals surface area contributed by atoms with Crippen molar-refractivity contribution in [2.45, 2.75) is 19.1 Å². The average molecular weight is 442 g/mol. The molecule has 0 radical (unpaired) electrons. The molecule has 0 saturated carbocycles. The largest absolute Gasteiger partial charge is 0.496 e. The zero-order valence-electron chi connectivity index (χ0n) is 18.8. The third-order valence-electron chi connectivity index (χ3n) is 6.03. The van der Waals surface area contributed by atoms with Crippen LogP contribution in [0.15, 0.2) is 77.4 Å². The Labute approximate surface area is 193 Å². The van der Waals surface area contributed by atoms with E-state index in [1.807, 2.05) is 30.3 Å². The first-order valence-electron chi connectivity index (χ1n) is 11.1. The molecule has 0 aliphatic carbocycles. The molecule has 5 rings (SSSR count). The SMILES string of the molecule is COc1cc2occc2cc1/C=C/C1NCCc2cc(OCc3ccccc3)c(OC)cc21. The summed E-state index contributed by atoms with van der Waals surface area (Å²) in [7, 11) is 3.36. The second-order valence-electron chi connectivity index (χ2n) is 8.07. The minimum absolute atomic E-state index is 0.0653. The topological polar surface area (TPSA) is 52.9 Å². The van der Waals surface area contributed by atoms with E-state index in [0.717, 1.165) is 52.3 Å². The van der Waals surface area contributed by atoms with Crippen molar-refractivity contribution in [3.8, 4) is 17.2 Å². The third-order valence-corrected chi connectivity index (χ3v) is 6.03. The first-order valence-corrected chi connectivity index (χ1v) is 11.1. The van der Waals surface area contributed by atoms with Gasteiger partial charge in [0.05, 0.1) is 26.5 Å². The van der Waals surface area contributed by atoms with E-state index in [2.05, 4.69) is 47.8 Å². The van der Waals surface area contributed by atoms with E-state index < -0.39 is 0 Å². The highest BCUT2D eigenvalue weighted by atomic mass is 16.5. The van der Waals surface area contributed by atoms with Crippen LogP contribution in [0.4, 0.5) is 0 Å². The van der Waals surface area contributed by atoms with Crippen LogP contribution >= 0.6 is 0 Å². The molecule has 1 aliphatic heterocycles. The van der Waals surface area contributed by atoms with E-state index in [9.17, 15) is 0 Å². The van der Waals surface area contributed by atoms with Crippen molar-refractivity contribution in [1.29, 1.82) is 0 Å². The molecule has 1 aliphatic rings. The van der Waals surface area contributed by atoms with Crippen molar-refractivity contribution < 1.29 is 18.6 Å². The van der Waals surface area contributed by atoms with Gasteiger partial charge in [0.25, 0.3) is 0 Å². The summed E-state index contributed by atoms with van der Waals surface area (Å²) in [6, 6.07) is 20.4. The monoisotopic (exact) mass is 441 g/mol. The normalized spacial score (nSPS) is 15.5. The van der Waals surface area contributed by atoms with Crippen LogP contribution in [-0.2, 0) is 13.0 Å². The zero-order chi connectivity index (χ0) is 22.6. The Bertz CT molecular complexity index is 1280. The van der Waals surface area contributed by atoms with E-state index in [-0.39, 0.29) is 6.04 Å². The number of methoxy groups -OCH3 is 2. The molecule has 4 aromatic rings. The van der Waals surface area contributed by atoms with Gasteiger partial charge >= 0.3 is 0 Å². The van der Waals surface area contributed by atoms with E-state index in [0.29, 0.717) is 6.61 Å². The Morgan fingerprint density at radius 2 is 1.82 bits per heavy atom. The quantitative estimate of drug-likeness (QED) is 0.385. The fourth-order valence-corrected chi connectivity index (χ4v) is 4.29. The summed E-state index contributed by atoms with van der Waals surface area (Å²) in [5.41, 5.74) is 5.42. The molecule has 0 spiro atoms. The summed E-state index contributed by atoms with van der Waals surface area (Å²) in [5, 5.41) is 4.65. The zero-order valence-corrected chi connectivity index (χ0v) is 18.8. The molecule has 1 aromatic heterocycles. The predicted molar refractivity (Wildman–Crippen MR) is 130 cm³/mol. The van der Waals surface area contributed by atoms with Gasteiger partial charge in [-0.15, -0.1) is 0 Å². The lowest BCUT2D eigenvalue weighted by Gasteiger charge is -2.26. The minimum Gasteiger partial charge on any atom is -0.496 e. The number of hydrogen-bond acceptors (Lipinski definition) is 5. The number of nitrogens with one attached hydrogen (secondary N) is 1. The second-order valence-corrected chi connectivity index (χ2v) is 8.07. The van der Waals surface area contributed by atoms with Gasteiger partial charge in [-0.05, 0) is 47.4 Å². The predicted octanol–water partition coefficient (Wildman–Crippen LogP) is 5.93. The van der Waals surface area contributed by atoms with Crippen LogP contribution in [0.3, 0.4) is 0 Å². The molecule has 5 heteroatoms. The molecule has 0 fully saturated rings. The number of rotatable bonds is 7. The molecular formula is C28H27NO4. The van der Waals surface area contributed by atoms with Crippen molar-refractivity contribution in [2.24, 2.45) is 0 Å². The van der Waals surface area contributed by atoms with Crippen molar-refractivity contribution in [1.82, 2.24) is 5.32 Å².